The molecule has 0 bridgehead atoms. The number of likely N-dealkylation sites (N-methyl/N-ethyl adjacent to an activating group) is 3. The lowest BCUT2D eigenvalue weighted by atomic mass is 9.79. The molecule has 0 amide bonds. The van der Waals surface area contributed by atoms with Crippen LogP contribution in [-0.2, 0) is 9.59 Å². The number of carbonyl (C=O) groups excluding carboxylic acids is 2. The third-order valence-electron chi connectivity index (χ3n) is 9.85. The van der Waals surface area contributed by atoms with Crippen LogP contribution in [0.25, 0.3) is 0 Å². The molecule has 0 fully saturated rings. The smallest absolute Gasteiger partial charge is 0.156 e. The van der Waals surface area contributed by atoms with Crippen molar-refractivity contribution in [1.29, 1.82) is 0 Å². The summed E-state index contributed by atoms with van der Waals surface area (Å²) in [6.07, 6.45) is 42.8. The highest BCUT2D eigenvalue weighted by Gasteiger charge is 2.45. The number of allylic oxidation sites excluding steroid dienone is 4. The molecule has 0 saturated heterocycles. The summed E-state index contributed by atoms with van der Waals surface area (Å²) in [7, 11) is 5.51. The van der Waals surface area contributed by atoms with Crippen LogP contribution >= 0.6 is 0 Å². The van der Waals surface area contributed by atoms with Crippen molar-refractivity contribution in [3.05, 3.63) is 24.3 Å². The van der Waals surface area contributed by atoms with E-state index in [1.54, 1.807) is 0 Å². The maximum atomic E-state index is 13.6. The second kappa shape index (κ2) is 34.6. The molecule has 47 heavy (non-hydrogen) atoms. The average Bonchev–Trinajstić information content (AvgIpc) is 3.07. The lowest BCUT2D eigenvalue weighted by molar-refractivity contribution is -0.133. The third kappa shape index (κ3) is 24.5. The fraction of sp³-hybridized carbons (Fsp3) is 0.857. The Kier molecular flexibility index (Phi) is 33.6. The molecule has 0 saturated carbocycles. The number of nitrogens with one attached hydrogen (secondary N) is 3. The van der Waals surface area contributed by atoms with Gasteiger partial charge in [0.2, 0.25) is 0 Å². The first kappa shape index (κ1) is 45.7. The van der Waals surface area contributed by atoms with Crippen molar-refractivity contribution in [2.45, 2.75) is 205 Å². The van der Waals surface area contributed by atoms with Crippen molar-refractivity contribution >= 4 is 11.6 Å². The molecule has 0 aliphatic heterocycles. The molecule has 2 atom stereocenters. The van der Waals surface area contributed by atoms with Crippen LogP contribution in [0.3, 0.4) is 0 Å². The number of rotatable bonds is 37. The zero-order valence-corrected chi connectivity index (χ0v) is 32.2. The van der Waals surface area contributed by atoms with Crippen LogP contribution in [-0.4, -0.2) is 50.8 Å². The second-order valence-corrected chi connectivity index (χ2v) is 14.0. The lowest BCUT2D eigenvalue weighted by Gasteiger charge is -2.38. The molecular formula is C42H81N3O2. The summed E-state index contributed by atoms with van der Waals surface area (Å²) in [6, 6.07) is -0.521. The summed E-state index contributed by atoms with van der Waals surface area (Å²) in [5, 5.41) is 9.72. The molecule has 0 radical (unpaired) electrons. The minimum atomic E-state index is -0.913. The maximum Gasteiger partial charge on any atom is 0.156 e. The van der Waals surface area contributed by atoms with Gasteiger partial charge in [-0.1, -0.05) is 141 Å². The van der Waals surface area contributed by atoms with E-state index in [-0.39, 0.29) is 11.6 Å². The van der Waals surface area contributed by atoms with Gasteiger partial charge in [-0.15, -0.1) is 0 Å². The Bertz CT molecular complexity index is 765. The van der Waals surface area contributed by atoms with Crippen LogP contribution in [0.1, 0.15) is 194 Å². The van der Waals surface area contributed by atoms with Crippen molar-refractivity contribution in [3.63, 3.8) is 0 Å². The molecule has 0 spiro atoms. The molecule has 0 aromatic heterocycles. The van der Waals surface area contributed by atoms with Crippen LogP contribution in [0, 0.1) is 0 Å². The van der Waals surface area contributed by atoms with E-state index in [1.807, 2.05) is 21.1 Å². The van der Waals surface area contributed by atoms with E-state index in [9.17, 15) is 9.59 Å². The maximum absolute atomic E-state index is 13.6. The van der Waals surface area contributed by atoms with Crippen LogP contribution in [0.5, 0.6) is 0 Å². The van der Waals surface area contributed by atoms with E-state index in [2.05, 4.69) is 54.1 Å². The Balaban J connectivity index is 4.26. The average molecular weight is 660 g/mol. The van der Waals surface area contributed by atoms with Gasteiger partial charge < -0.3 is 16.0 Å². The summed E-state index contributed by atoms with van der Waals surface area (Å²) >= 11 is 0. The minimum absolute atomic E-state index is 0.143. The Labute approximate surface area is 293 Å². The van der Waals surface area contributed by atoms with Crippen molar-refractivity contribution < 1.29 is 9.59 Å². The third-order valence-corrected chi connectivity index (χ3v) is 9.85. The van der Waals surface area contributed by atoms with Gasteiger partial charge in [-0.3, -0.25) is 9.59 Å². The summed E-state index contributed by atoms with van der Waals surface area (Å²) < 4.78 is 0. The molecule has 5 heteroatoms. The number of unbranched alkanes of at least 4 members (excludes halogenated alkanes) is 22. The van der Waals surface area contributed by atoms with Gasteiger partial charge in [0.1, 0.15) is 5.54 Å². The van der Waals surface area contributed by atoms with Crippen molar-refractivity contribution in [2.75, 3.05) is 27.7 Å². The molecule has 5 nitrogen and oxygen atoms in total. The van der Waals surface area contributed by atoms with E-state index in [0.29, 0.717) is 19.4 Å². The highest BCUT2D eigenvalue weighted by Crippen LogP contribution is 2.20. The number of hydrogen-bond donors (Lipinski definition) is 3. The Hall–Kier alpha value is -1.30. The predicted octanol–water partition coefficient (Wildman–Crippen LogP) is 11.0. The predicted molar refractivity (Wildman–Crippen MR) is 207 cm³/mol. The molecule has 0 aromatic rings. The molecule has 0 aliphatic rings. The van der Waals surface area contributed by atoms with Crippen LogP contribution in [0.15, 0.2) is 24.3 Å². The molecule has 0 aliphatic carbocycles. The van der Waals surface area contributed by atoms with Gasteiger partial charge in [-0.25, -0.2) is 0 Å². The highest BCUT2D eigenvalue weighted by atomic mass is 16.1. The van der Waals surface area contributed by atoms with Gasteiger partial charge in [0.15, 0.2) is 11.6 Å². The number of Topliss-reactive ketones (excluding diaryl/α,β-unsaturated/α-hetero) is 2. The van der Waals surface area contributed by atoms with Gasteiger partial charge >= 0.3 is 0 Å². The molecule has 3 N–H and O–H groups in total. The first-order valence-corrected chi connectivity index (χ1v) is 20.4. The largest absolute Gasteiger partial charge is 0.317 e. The molecular weight excluding hydrogens is 578 g/mol. The zero-order chi connectivity index (χ0) is 34.7. The van der Waals surface area contributed by atoms with E-state index in [4.69, 9.17) is 0 Å². The number of hydrogen-bond acceptors (Lipinski definition) is 5. The Morgan fingerprint density at radius 3 is 1.23 bits per heavy atom. The molecule has 0 heterocycles. The summed E-state index contributed by atoms with van der Waals surface area (Å²) in [5.41, 5.74) is -0.913. The Morgan fingerprint density at radius 1 is 0.511 bits per heavy atom. The van der Waals surface area contributed by atoms with Crippen molar-refractivity contribution in [1.82, 2.24) is 16.0 Å². The van der Waals surface area contributed by atoms with Gasteiger partial charge in [0.25, 0.3) is 0 Å². The highest BCUT2D eigenvalue weighted by molar-refractivity contribution is 5.98. The van der Waals surface area contributed by atoms with Gasteiger partial charge in [-0.2, -0.15) is 0 Å². The lowest BCUT2D eigenvalue weighted by Crippen LogP contribution is -2.69. The summed E-state index contributed by atoms with van der Waals surface area (Å²) in [5.74, 6) is 0.289. The topological polar surface area (TPSA) is 70.2 Å². The number of ketones is 2. The van der Waals surface area contributed by atoms with Crippen molar-refractivity contribution in [3.8, 4) is 0 Å². The van der Waals surface area contributed by atoms with Crippen molar-refractivity contribution in [2.24, 2.45) is 0 Å². The van der Waals surface area contributed by atoms with Gasteiger partial charge in [0.05, 0.1) is 6.04 Å². The minimum Gasteiger partial charge on any atom is -0.317 e. The first-order chi connectivity index (χ1) is 23.0. The number of carbonyl (C=O) groups is 2. The second-order valence-electron chi connectivity index (χ2n) is 14.0. The first-order valence-electron chi connectivity index (χ1n) is 20.4. The van der Waals surface area contributed by atoms with E-state index in [0.717, 1.165) is 25.7 Å². The zero-order valence-electron chi connectivity index (χ0n) is 32.2. The van der Waals surface area contributed by atoms with E-state index in [1.165, 1.54) is 141 Å². The molecule has 0 rings (SSSR count). The Morgan fingerprint density at radius 2 is 0.872 bits per heavy atom. The van der Waals surface area contributed by atoms with Gasteiger partial charge in [-0.05, 0) is 85.4 Å². The fourth-order valence-corrected chi connectivity index (χ4v) is 6.79. The monoisotopic (exact) mass is 660 g/mol. The molecule has 0 aromatic carbocycles. The van der Waals surface area contributed by atoms with Crippen LogP contribution < -0.4 is 16.0 Å². The van der Waals surface area contributed by atoms with E-state index < -0.39 is 11.6 Å². The molecule has 276 valence electrons. The SMILES string of the molecule is CCCCCCCC/C=C\CCCCCCCC(=O)C(NC)C(CNC)(NC)C(=O)CCCCCCC/C=C\CCCCCCCC. The molecule has 2 unspecified atom stereocenters. The quantitative estimate of drug-likeness (QED) is 0.0457. The van der Waals surface area contributed by atoms with E-state index >= 15 is 0 Å². The summed E-state index contributed by atoms with van der Waals surface area (Å²) in [6.45, 7) is 4.98. The normalized spacial score (nSPS) is 13.9. The van der Waals surface area contributed by atoms with Crippen LogP contribution in [0.4, 0.5) is 0 Å². The standard InChI is InChI=1S/C42H81N3O2/c1-6-8-10-12-14-16-18-20-22-24-26-28-30-32-34-36-39(46)41(44-4)42(45-5,38-43-3)40(47)37-35-33-31-29-27-25-23-21-19-17-15-13-11-9-7-2/h20-23,41,43-45H,6-19,24-38H2,1-5H3/b22-20-,23-21-. The fourth-order valence-electron chi connectivity index (χ4n) is 6.79. The van der Waals surface area contributed by atoms with Gasteiger partial charge in [0, 0.05) is 19.4 Å². The summed E-state index contributed by atoms with van der Waals surface area (Å²) in [4.78, 5) is 27.0. The van der Waals surface area contributed by atoms with Crippen LogP contribution in [0.2, 0.25) is 0 Å².